The third-order valence-electron chi connectivity index (χ3n) is 7.20. The molecular weight excluding hydrogens is 562 g/mol. The molecule has 170 valence electrons. The molecule has 0 N–H and O–H groups in total. The number of ether oxygens (including phenoxy) is 1. The Balaban J connectivity index is 1.56. The molecule has 7 heteroatoms. The van der Waals surface area contributed by atoms with E-state index < -0.39 is 26.5 Å². The van der Waals surface area contributed by atoms with Crippen LogP contribution in [0.1, 0.15) is 39.5 Å². The molecule has 1 heterocycles. The van der Waals surface area contributed by atoms with E-state index in [1.54, 1.807) is 31.2 Å². The summed E-state index contributed by atoms with van der Waals surface area (Å²) in [5, 5.41) is 0. The van der Waals surface area contributed by atoms with Crippen molar-refractivity contribution in [1.82, 2.24) is 0 Å². The Bertz CT molecular complexity index is 1280. The number of benzene rings is 3. The van der Waals surface area contributed by atoms with Crippen LogP contribution in [0.4, 0.5) is 5.69 Å². The molecule has 1 aliphatic heterocycles. The van der Waals surface area contributed by atoms with E-state index in [0.717, 1.165) is 22.3 Å². The highest BCUT2D eigenvalue weighted by atomic mass is 79.9. The third kappa shape index (κ3) is 2.52. The maximum atomic E-state index is 14.1. The molecular formula is C27H19Br2NO4. The molecule has 0 saturated carbocycles. The number of halogens is 2. The first-order valence-corrected chi connectivity index (χ1v) is 12.7. The minimum Gasteiger partial charge on any atom is -0.462 e. The maximum absolute atomic E-state index is 14.1. The van der Waals surface area contributed by atoms with Gasteiger partial charge in [0.05, 0.1) is 38.3 Å². The fourth-order valence-corrected chi connectivity index (χ4v) is 8.21. The van der Waals surface area contributed by atoms with Crippen molar-refractivity contribution in [2.24, 2.45) is 11.8 Å². The smallest absolute Gasteiger partial charge is 0.338 e. The molecule has 5 nitrogen and oxygen atoms in total. The van der Waals surface area contributed by atoms with E-state index >= 15 is 0 Å². The zero-order valence-electron chi connectivity index (χ0n) is 18.1. The maximum Gasteiger partial charge on any atom is 0.338 e. The van der Waals surface area contributed by atoms with Gasteiger partial charge in [-0.3, -0.25) is 9.59 Å². The number of hydrogen-bond acceptors (Lipinski definition) is 4. The quantitative estimate of drug-likeness (QED) is 0.240. The van der Waals surface area contributed by atoms with Crippen LogP contribution in [0.25, 0.3) is 0 Å². The second-order valence-electron chi connectivity index (χ2n) is 8.75. The van der Waals surface area contributed by atoms with Crippen molar-refractivity contribution < 1.29 is 19.1 Å². The first kappa shape index (κ1) is 21.7. The van der Waals surface area contributed by atoms with Gasteiger partial charge in [0.2, 0.25) is 11.8 Å². The van der Waals surface area contributed by atoms with Gasteiger partial charge < -0.3 is 4.74 Å². The summed E-state index contributed by atoms with van der Waals surface area (Å²) in [4.78, 5) is 41.7. The van der Waals surface area contributed by atoms with Crippen LogP contribution in [0.15, 0.2) is 72.8 Å². The van der Waals surface area contributed by atoms with E-state index in [-0.39, 0.29) is 18.4 Å². The van der Waals surface area contributed by atoms with Crippen LogP contribution in [0, 0.1) is 11.8 Å². The van der Waals surface area contributed by atoms with Crippen LogP contribution in [0.2, 0.25) is 0 Å². The summed E-state index contributed by atoms with van der Waals surface area (Å²) < 4.78 is 3.42. The fourth-order valence-electron chi connectivity index (χ4n) is 5.91. The first-order chi connectivity index (χ1) is 16.3. The van der Waals surface area contributed by atoms with Crippen molar-refractivity contribution in [3.05, 3.63) is 101 Å². The summed E-state index contributed by atoms with van der Waals surface area (Å²) in [5.41, 5.74) is 4.59. The van der Waals surface area contributed by atoms with Gasteiger partial charge in [-0.15, -0.1) is 0 Å². The van der Waals surface area contributed by atoms with E-state index in [2.05, 4.69) is 31.9 Å². The first-order valence-electron chi connectivity index (χ1n) is 11.1. The molecule has 4 aliphatic rings. The van der Waals surface area contributed by atoms with Crippen molar-refractivity contribution in [2.75, 3.05) is 11.5 Å². The molecule has 1 fully saturated rings. The van der Waals surface area contributed by atoms with Crippen molar-refractivity contribution in [2.45, 2.75) is 15.6 Å². The molecule has 2 bridgehead atoms. The number of imide groups is 1. The van der Waals surface area contributed by atoms with Gasteiger partial charge in [-0.1, -0.05) is 86.5 Å². The molecule has 2 atom stereocenters. The monoisotopic (exact) mass is 579 g/mol. The number of alkyl halides is 2. The zero-order valence-corrected chi connectivity index (χ0v) is 21.3. The van der Waals surface area contributed by atoms with Gasteiger partial charge in [0, 0.05) is 0 Å². The second kappa shape index (κ2) is 7.36. The SMILES string of the molecule is CCOC(=O)c1cccc(N2C(=O)[C@H]3[C@H](C2=O)C2(Br)c4ccccc4C3(Br)c3ccccc32)c1. The van der Waals surface area contributed by atoms with Crippen molar-refractivity contribution in [1.29, 1.82) is 0 Å². The summed E-state index contributed by atoms with van der Waals surface area (Å²) in [6.45, 7) is 1.97. The minimum atomic E-state index is -0.847. The lowest BCUT2D eigenvalue weighted by molar-refractivity contribution is -0.122. The average Bonchev–Trinajstić information content (AvgIpc) is 3.14. The number of carbonyl (C=O) groups is 3. The summed E-state index contributed by atoms with van der Waals surface area (Å²) in [7, 11) is 0. The van der Waals surface area contributed by atoms with E-state index in [1.165, 1.54) is 4.90 Å². The number of rotatable bonds is 3. The van der Waals surface area contributed by atoms with Gasteiger partial charge in [0.15, 0.2) is 0 Å². The number of amides is 2. The van der Waals surface area contributed by atoms with E-state index in [0.29, 0.717) is 11.3 Å². The van der Waals surface area contributed by atoms with E-state index in [9.17, 15) is 14.4 Å². The minimum absolute atomic E-state index is 0.240. The van der Waals surface area contributed by atoms with Crippen molar-refractivity contribution >= 4 is 55.3 Å². The molecule has 3 aliphatic carbocycles. The molecule has 0 radical (unpaired) electrons. The highest BCUT2D eigenvalue weighted by molar-refractivity contribution is 9.10. The Kier molecular flexibility index (Phi) is 4.71. The van der Waals surface area contributed by atoms with E-state index in [4.69, 9.17) is 4.74 Å². The van der Waals surface area contributed by atoms with Crippen LogP contribution < -0.4 is 4.90 Å². The predicted octanol–water partition coefficient (Wildman–Crippen LogP) is 5.27. The second-order valence-corrected chi connectivity index (χ2v) is 11.3. The summed E-state index contributed by atoms with van der Waals surface area (Å²) >= 11 is 7.99. The largest absolute Gasteiger partial charge is 0.462 e. The highest BCUT2D eigenvalue weighted by Crippen LogP contribution is 2.70. The summed E-state index contributed by atoms with van der Waals surface area (Å²) in [5.74, 6) is -2.39. The number of carbonyl (C=O) groups excluding carboxylic acids is 3. The van der Waals surface area contributed by atoms with Crippen LogP contribution >= 0.6 is 31.9 Å². The Morgan fingerprint density at radius 2 is 1.29 bits per heavy atom. The molecule has 0 unspecified atom stereocenters. The standard InChI is InChI=1S/C27H19Br2NO4/c1-2-34-25(33)15-8-7-9-16(14-15)30-23(31)21-22(24(30)32)27(29)18-11-4-3-10-17(18)26(21,28)19-12-5-6-13-20(19)27/h3-14,21-22H,2H2,1H3/t21-,22-,26?,27?/m1/s1. The van der Waals surface area contributed by atoms with Crippen molar-refractivity contribution in [3.8, 4) is 0 Å². The van der Waals surface area contributed by atoms with E-state index in [1.807, 2.05) is 48.5 Å². The Morgan fingerprint density at radius 3 is 1.74 bits per heavy atom. The van der Waals surface area contributed by atoms with Crippen LogP contribution in [0.3, 0.4) is 0 Å². The topological polar surface area (TPSA) is 63.7 Å². The highest BCUT2D eigenvalue weighted by Gasteiger charge is 2.72. The number of hydrogen-bond donors (Lipinski definition) is 0. The number of nitrogens with zero attached hydrogens (tertiary/aromatic N) is 1. The van der Waals surface area contributed by atoms with Gasteiger partial charge in [0.25, 0.3) is 0 Å². The summed E-state index contributed by atoms with van der Waals surface area (Å²) in [6, 6.07) is 22.4. The van der Waals surface area contributed by atoms with Gasteiger partial charge in [-0.05, 0) is 47.4 Å². The molecule has 0 spiro atoms. The van der Waals surface area contributed by atoms with Crippen molar-refractivity contribution in [3.63, 3.8) is 0 Å². The Labute approximate surface area is 213 Å². The molecule has 1 saturated heterocycles. The zero-order chi connectivity index (χ0) is 23.8. The molecule has 0 aromatic heterocycles. The number of esters is 1. The van der Waals surface area contributed by atoms with Gasteiger partial charge in [0.1, 0.15) is 0 Å². The Hall–Kier alpha value is -2.77. The van der Waals surface area contributed by atoms with Crippen LogP contribution in [0.5, 0.6) is 0 Å². The molecule has 3 aromatic rings. The molecule has 3 aromatic carbocycles. The van der Waals surface area contributed by atoms with Gasteiger partial charge in [-0.2, -0.15) is 0 Å². The normalized spacial score (nSPS) is 28.4. The lowest BCUT2D eigenvalue weighted by atomic mass is 9.54. The van der Waals surface area contributed by atoms with Crippen LogP contribution in [-0.4, -0.2) is 24.4 Å². The predicted molar refractivity (Wildman–Crippen MR) is 134 cm³/mol. The molecule has 7 rings (SSSR count). The number of anilines is 1. The Morgan fingerprint density at radius 1 is 0.824 bits per heavy atom. The molecule has 2 amide bonds. The lowest BCUT2D eigenvalue weighted by Crippen LogP contribution is -2.56. The van der Waals surface area contributed by atoms with Gasteiger partial charge in [-0.25, -0.2) is 9.69 Å². The average molecular weight is 581 g/mol. The molecule has 34 heavy (non-hydrogen) atoms. The fraction of sp³-hybridized carbons (Fsp3) is 0.222. The van der Waals surface area contributed by atoms with Crippen LogP contribution in [-0.2, 0) is 23.0 Å². The van der Waals surface area contributed by atoms with Gasteiger partial charge >= 0.3 is 5.97 Å². The summed E-state index contributed by atoms with van der Waals surface area (Å²) in [6.07, 6.45) is 0. The lowest BCUT2D eigenvalue weighted by Gasteiger charge is -2.55. The third-order valence-corrected chi connectivity index (χ3v) is 9.90.